The van der Waals surface area contributed by atoms with E-state index < -0.39 is 5.97 Å². The van der Waals surface area contributed by atoms with Crippen molar-refractivity contribution < 1.29 is 14.3 Å². The minimum absolute atomic E-state index is 0.203. The summed E-state index contributed by atoms with van der Waals surface area (Å²) in [6.45, 7) is 0.354. The van der Waals surface area contributed by atoms with Crippen molar-refractivity contribution in [1.82, 2.24) is 0 Å². The van der Waals surface area contributed by atoms with Gasteiger partial charge in [0.1, 0.15) is 0 Å². The third-order valence-corrected chi connectivity index (χ3v) is 4.75. The summed E-state index contributed by atoms with van der Waals surface area (Å²) in [7, 11) is 0. The van der Waals surface area contributed by atoms with Gasteiger partial charge in [-0.2, -0.15) is 0 Å². The molecular formula is C23H19NO3. The topological polar surface area (TPSA) is 46.6 Å². The van der Waals surface area contributed by atoms with Gasteiger partial charge in [-0.05, 0) is 35.2 Å². The molecule has 27 heavy (non-hydrogen) atoms. The second-order valence-corrected chi connectivity index (χ2v) is 6.41. The molecule has 1 amide bonds. The summed E-state index contributed by atoms with van der Waals surface area (Å²) in [5.74, 6) is -0.694. The van der Waals surface area contributed by atoms with Crippen LogP contribution in [0.3, 0.4) is 0 Å². The number of rotatable bonds is 4. The van der Waals surface area contributed by atoms with Crippen LogP contribution in [0.1, 0.15) is 15.9 Å². The molecule has 3 aromatic carbocycles. The molecule has 1 aliphatic heterocycles. The van der Waals surface area contributed by atoms with Crippen molar-refractivity contribution in [2.45, 2.75) is 6.42 Å². The number of nitrogens with zero attached hydrogens (tertiary/aromatic N) is 1. The first-order valence-electron chi connectivity index (χ1n) is 8.94. The van der Waals surface area contributed by atoms with E-state index in [1.165, 1.54) is 0 Å². The van der Waals surface area contributed by atoms with Crippen molar-refractivity contribution in [3.8, 4) is 11.1 Å². The van der Waals surface area contributed by atoms with Gasteiger partial charge in [0.2, 0.25) is 0 Å². The van der Waals surface area contributed by atoms with Crippen molar-refractivity contribution in [2.75, 3.05) is 18.1 Å². The van der Waals surface area contributed by atoms with Crippen molar-refractivity contribution in [3.05, 3.63) is 90.0 Å². The highest BCUT2D eigenvalue weighted by atomic mass is 16.5. The van der Waals surface area contributed by atoms with Gasteiger partial charge in [-0.15, -0.1) is 0 Å². The molecule has 4 rings (SSSR count). The standard InChI is InChI=1S/C23H19NO3/c25-22(24-15-14-18-10-4-7-13-21(18)24)16-27-23(26)20-12-6-5-11-19(20)17-8-2-1-3-9-17/h1-13H,14-16H2. The molecule has 0 atom stereocenters. The molecule has 0 N–H and O–H groups in total. The maximum Gasteiger partial charge on any atom is 0.339 e. The van der Waals surface area contributed by atoms with E-state index in [1.54, 1.807) is 17.0 Å². The average Bonchev–Trinajstić information content (AvgIpc) is 3.17. The van der Waals surface area contributed by atoms with Crippen LogP contribution >= 0.6 is 0 Å². The molecule has 0 saturated carbocycles. The van der Waals surface area contributed by atoms with E-state index in [4.69, 9.17) is 4.74 Å². The molecule has 3 aromatic rings. The summed E-state index contributed by atoms with van der Waals surface area (Å²) >= 11 is 0. The molecule has 4 nitrogen and oxygen atoms in total. The zero-order valence-corrected chi connectivity index (χ0v) is 14.8. The van der Waals surface area contributed by atoms with Crippen molar-refractivity contribution in [2.24, 2.45) is 0 Å². The van der Waals surface area contributed by atoms with E-state index in [1.807, 2.05) is 66.7 Å². The lowest BCUT2D eigenvalue weighted by Gasteiger charge is -2.17. The largest absolute Gasteiger partial charge is 0.452 e. The lowest BCUT2D eigenvalue weighted by molar-refractivity contribution is -0.121. The molecule has 0 fully saturated rings. The molecule has 0 spiro atoms. The summed E-state index contributed by atoms with van der Waals surface area (Å²) in [5, 5.41) is 0. The monoisotopic (exact) mass is 357 g/mol. The molecular weight excluding hydrogens is 338 g/mol. The third kappa shape index (κ3) is 3.47. The SMILES string of the molecule is O=C(OCC(=O)N1CCc2ccccc21)c1ccccc1-c1ccccc1. The Balaban J connectivity index is 1.47. The van der Waals surface area contributed by atoms with E-state index in [0.717, 1.165) is 28.8 Å². The fourth-order valence-electron chi connectivity index (χ4n) is 3.41. The Morgan fingerprint density at radius 2 is 1.56 bits per heavy atom. The minimum atomic E-state index is -0.490. The number of benzene rings is 3. The highest BCUT2D eigenvalue weighted by molar-refractivity contribution is 6.01. The van der Waals surface area contributed by atoms with Crippen molar-refractivity contribution >= 4 is 17.6 Å². The van der Waals surface area contributed by atoms with E-state index >= 15 is 0 Å². The molecule has 0 unspecified atom stereocenters. The number of fused-ring (bicyclic) bond motifs is 1. The number of hydrogen-bond donors (Lipinski definition) is 0. The molecule has 0 aliphatic carbocycles. The second kappa shape index (κ2) is 7.46. The zero-order valence-electron chi connectivity index (χ0n) is 14.8. The van der Waals surface area contributed by atoms with Crippen LogP contribution in [-0.4, -0.2) is 25.0 Å². The molecule has 0 aromatic heterocycles. The van der Waals surface area contributed by atoms with Crippen LogP contribution < -0.4 is 4.90 Å². The maximum atomic E-state index is 12.6. The first-order chi connectivity index (χ1) is 13.2. The van der Waals surface area contributed by atoms with Gasteiger partial charge in [0.25, 0.3) is 5.91 Å². The fraction of sp³-hybridized carbons (Fsp3) is 0.130. The van der Waals surface area contributed by atoms with Gasteiger partial charge in [0, 0.05) is 12.2 Å². The number of hydrogen-bond acceptors (Lipinski definition) is 3. The summed E-state index contributed by atoms with van der Waals surface area (Å²) in [6, 6.07) is 24.8. The smallest absolute Gasteiger partial charge is 0.339 e. The van der Waals surface area contributed by atoms with Gasteiger partial charge in [0.05, 0.1) is 5.56 Å². The quantitative estimate of drug-likeness (QED) is 0.661. The van der Waals surface area contributed by atoms with Crippen molar-refractivity contribution in [3.63, 3.8) is 0 Å². The highest BCUT2D eigenvalue weighted by Gasteiger charge is 2.25. The first-order valence-corrected chi connectivity index (χ1v) is 8.94. The molecule has 0 bridgehead atoms. The van der Waals surface area contributed by atoms with Crippen LogP contribution in [0.2, 0.25) is 0 Å². The van der Waals surface area contributed by atoms with Crippen LogP contribution in [0.25, 0.3) is 11.1 Å². The van der Waals surface area contributed by atoms with Crippen LogP contribution in [0.5, 0.6) is 0 Å². The molecule has 4 heteroatoms. The van der Waals surface area contributed by atoms with Gasteiger partial charge >= 0.3 is 5.97 Å². The summed E-state index contributed by atoms with van der Waals surface area (Å²) in [5.41, 5.74) is 4.24. The second-order valence-electron chi connectivity index (χ2n) is 6.41. The van der Waals surface area contributed by atoms with Gasteiger partial charge in [-0.3, -0.25) is 4.79 Å². The predicted molar refractivity (Wildman–Crippen MR) is 105 cm³/mol. The number of amides is 1. The Labute approximate surface area is 158 Å². The fourth-order valence-corrected chi connectivity index (χ4v) is 3.41. The van der Waals surface area contributed by atoms with Gasteiger partial charge in [-0.1, -0.05) is 66.7 Å². The van der Waals surface area contributed by atoms with E-state index in [0.29, 0.717) is 12.1 Å². The normalized spacial score (nSPS) is 12.5. The number of ether oxygens (including phenoxy) is 1. The minimum Gasteiger partial charge on any atom is -0.452 e. The van der Waals surface area contributed by atoms with E-state index in [-0.39, 0.29) is 12.5 Å². The summed E-state index contributed by atoms with van der Waals surface area (Å²) in [6.07, 6.45) is 0.826. The highest BCUT2D eigenvalue weighted by Crippen LogP contribution is 2.28. The van der Waals surface area contributed by atoms with Crippen LogP contribution in [0.15, 0.2) is 78.9 Å². The summed E-state index contributed by atoms with van der Waals surface area (Å²) in [4.78, 5) is 26.8. The Morgan fingerprint density at radius 3 is 2.41 bits per heavy atom. The average molecular weight is 357 g/mol. The Morgan fingerprint density at radius 1 is 0.852 bits per heavy atom. The van der Waals surface area contributed by atoms with E-state index in [9.17, 15) is 9.59 Å². The van der Waals surface area contributed by atoms with E-state index in [2.05, 4.69) is 0 Å². The number of carbonyl (C=O) groups excluding carboxylic acids is 2. The lowest BCUT2D eigenvalue weighted by atomic mass is 10.00. The number of para-hydroxylation sites is 1. The first kappa shape index (κ1) is 17.0. The lowest BCUT2D eigenvalue weighted by Crippen LogP contribution is -2.33. The molecule has 134 valence electrons. The van der Waals surface area contributed by atoms with Crippen LogP contribution in [0.4, 0.5) is 5.69 Å². The van der Waals surface area contributed by atoms with Gasteiger partial charge < -0.3 is 9.64 Å². The molecule has 1 heterocycles. The summed E-state index contributed by atoms with van der Waals surface area (Å²) < 4.78 is 5.35. The molecule has 1 aliphatic rings. The predicted octanol–water partition coefficient (Wildman–Crippen LogP) is 4.10. The van der Waals surface area contributed by atoms with Crippen LogP contribution in [0, 0.1) is 0 Å². The van der Waals surface area contributed by atoms with Crippen LogP contribution in [-0.2, 0) is 16.0 Å². The number of carbonyl (C=O) groups is 2. The zero-order chi connectivity index (χ0) is 18.6. The van der Waals surface area contributed by atoms with Gasteiger partial charge in [0.15, 0.2) is 6.61 Å². The number of esters is 1. The Hall–Kier alpha value is -3.40. The number of anilines is 1. The third-order valence-electron chi connectivity index (χ3n) is 4.75. The van der Waals surface area contributed by atoms with Gasteiger partial charge in [-0.25, -0.2) is 4.79 Å². The molecule has 0 saturated heterocycles. The van der Waals surface area contributed by atoms with Crippen molar-refractivity contribution in [1.29, 1.82) is 0 Å². The maximum absolute atomic E-state index is 12.6. The molecule has 0 radical (unpaired) electrons. The Kier molecular flexibility index (Phi) is 4.71. The Bertz CT molecular complexity index is 982.